The summed E-state index contributed by atoms with van der Waals surface area (Å²) in [6, 6.07) is 10.2. The molecule has 4 N–H and O–H groups in total. The lowest BCUT2D eigenvalue weighted by molar-refractivity contribution is 0.271. The Balaban J connectivity index is 1.55. The first kappa shape index (κ1) is 18.6. The highest BCUT2D eigenvalue weighted by Crippen LogP contribution is 2.30. The number of nitrogen functional groups attached to an aromatic ring is 1. The van der Waals surface area contributed by atoms with Crippen molar-refractivity contribution in [3.63, 3.8) is 0 Å². The van der Waals surface area contributed by atoms with Gasteiger partial charge in [0.25, 0.3) is 5.56 Å². The first-order valence-electron chi connectivity index (χ1n) is 10.1. The molecule has 2 aromatic carbocycles. The van der Waals surface area contributed by atoms with Gasteiger partial charge >= 0.3 is 0 Å². The second kappa shape index (κ2) is 7.14. The van der Waals surface area contributed by atoms with Crippen molar-refractivity contribution < 1.29 is 4.39 Å². The zero-order valence-corrected chi connectivity index (χ0v) is 16.7. The van der Waals surface area contributed by atoms with Crippen molar-refractivity contribution in [2.45, 2.75) is 6.92 Å². The predicted octanol–water partition coefficient (Wildman–Crippen LogP) is 2.93. The SMILES string of the molecule is CCN1CCN(c2ccc3[nH]c(-c4c(N)c5cc(F)ccc5[nH]c4=O)nc3c2)CC1. The molecule has 0 atom stereocenters. The van der Waals surface area contributed by atoms with Gasteiger partial charge in [-0.1, -0.05) is 6.92 Å². The zero-order valence-electron chi connectivity index (χ0n) is 16.7. The van der Waals surface area contributed by atoms with Gasteiger partial charge in [-0.25, -0.2) is 9.37 Å². The molecular weight excluding hydrogens is 383 g/mol. The lowest BCUT2D eigenvalue weighted by Crippen LogP contribution is -2.46. The van der Waals surface area contributed by atoms with Gasteiger partial charge in [-0.2, -0.15) is 0 Å². The average molecular weight is 406 g/mol. The molecule has 30 heavy (non-hydrogen) atoms. The standard InChI is InChI=1S/C22H23FN6O/c1-2-28-7-9-29(10-8-28)14-4-6-17-18(12-14)26-21(25-17)19-20(24)15-11-13(23)3-5-16(15)27-22(19)30/h3-6,11-12H,2,7-10H2,1H3,(H,25,26)(H3,24,27,30). The fourth-order valence-electron chi connectivity index (χ4n) is 4.16. The molecule has 0 radical (unpaired) electrons. The van der Waals surface area contributed by atoms with E-state index in [1.54, 1.807) is 0 Å². The van der Waals surface area contributed by atoms with Crippen molar-refractivity contribution in [2.75, 3.05) is 43.4 Å². The molecule has 0 spiro atoms. The van der Waals surface area contributed by atoms with Crippen molar-refractivity contribution in [2.24, 2.45) is 0 Å². The van der Waals surface area contributed by atoms with Gasteiger partial charge < -0.3 is 25.5 Å². The monoisotopic (exact) mass is 406 g/mol. The van der Waals surface area contributed by atoms with Crippen LogP contribution in [0.3, 0.4) is 0 Å². The summed E-state index contributed by atoms with van der Waals surface area (Å²) in [5.41, 5.74) is 9.52. The quantitative estimate of drug-likeness (QED) is 0.486. The molecule has 1 aliphatic rings. The summed E-state index contributed by atoms with van der Waals surface area (Å²) in [5.74, 6) is -0.0347. The number of imidazole rings is 1. The number of nitrogens with one attached hydrogen (secondary N) is 2. The molecule has 0 unspecified atom stereocenters. The normalized spacial score (nSPS) is 15.3. The third-order valence-corrected chi connectivity index (χ3v) is 5.90. The fraction of sp³-hybridized carbons (Fsp3) is 0.273. The number of likely N-dealkylation sites (N-methyl/N-ethyl adjacent to an activating group) is 1. The number of hydrogen-bond donors (Lipinski definition) is 3. The second-order valence-corrected chi connectivity index (χ2v) is 7.64. The van der Waals surface area contributed by atoms with Gasteiger partial charge in [0.15, 0.2) is 0 Å². The Morgan fingerprint density at radius 1 is 1.07 bits per heavy atom. The summed E-state index contributed by atoms with van der Waals surface area (Å²) >= 11 is 0. The zero-order chi connectivity index (χ0) is 20.8. The summed E-state index contributed by atoms with van der Waals surface area (Å²) in [6.07, 6.45) is 0. The van der Waals surface area contributed by atoms with Gasteiger partial charge in [-0.15, -0.1) is 0 Å². The first-order valence-corrected chi connectivity index (χ1v) is 10.1. The van der Waals surface area contributed by atoms with Crippen LogP contribution >= 0.6 is 0 Å². The minimum Gasteiger partial charge on any atom is -0.397 e. The minimum absolute atomic E-state index is 0.211. The van der Waals surface area contributed by atoms with E-state index in [-0.39, 0.29) is 16.8 Å². The maximum Gasteiger partial charge on any atom is 0.261 e. The van der Waals surface area contributed by atoms with Crippen LogP contribution in [0.15, 0.2) is 41.2 Å². The summed E-state index contributed by atoms with van der Waals surface area (Å²) in [6.45, 7) is 7.28. The van der Waals surface area contributed by atoms with Crippen LogP contribution in [0.25, 0.3) is 33.3 Å². The number of piperazine rings is 1. The fourth-order valence-corrected chi connectivity index (χ4v) is 4.16. The van der Waals surface area contributed by atoms with Crippen LogP contribution in [0.4, 0.5) is 15.8 Å². The highest BCUT2D eigenvalue weighted by Gasteiger charge is 2.19. The largest absolute Gasteiger partial charge is 0.397 e. The second-order valence-electron chi connectivity index (χ2n) is 7.64. The van der Waals surface area contributed by atoms with E-state index in [1.807, 2.05) is 12.1 Å². The number of anilines is 2. The molecule has 0 amide bonds. The molecule has 7 nitrogen and oxygen atoms in total. The maximum absolute atomic E-state index is 13.7. The van der Waals surface area contributed by atoms with Crippen LogP contribution in [0, 0.1) is 5.82 Å². The van der Waals surface area contributed by atoms with Crippen molar-refractivity contribution >= 4 is 33.3 Å². The maximum atomic E-state index is 13.7. The van der Waals surface area contributed by atoms with Crippen LogP contribution in [-0.4, -0.2) is 52.6 Å². The van der Waals surface area contributed by atoms with Gasteiger partial charge in [0.05, 0.1) is 22.2 Å². The van der Waals surface area contributed by atoms with Crippen molar-refractivity contribution in [3.05, 3.63) is 52.6 Å². The van der Waals surface area contributed by atoms with Gasteiger partial charge in [0.1, 0.15) is 17.2 Å². The van der Waals surface area contributed by atoms with Crippen LogP contribution < -0.4 is 16.2 Å². The number of hydrogen-bond acceptors (Lipinski definition) is 5. The van der Waals surface area contributed by atoms with E-state index >= 15 is 0 Å². The third kappa shape index (κ3) is 3.09. The molecule has 4 aromatic rings. The number of aromatic amines is 2. The molecule has 2 aromatic heterocycles. The molecule has 1 fully saturated rings. The van der Waals surface area contributed by atoms with Crippen LogP contribution in [0.5, 0.6) is 0 Å². The van der Waals surface area contributed by atoms with Crippen LogP contribution in [0.2, 0.25) is 0 Å². The first-order chi connectivity index (χ1) is 14.5. The number of halogens is 1. The molecule has 3 heterocycles. The van der Waals surface area contributed by atoms with Gasteiger partial charge in [0, 0.05) is 37.3 Å². The number of aromatic nitrogens is 3. The van der Waals surface area contributed by atoms with Crippen LogP contribution in [0.1, 0.15) is 6.92 Å². The Morgan fingerprint density at radius 3 is 2.60 bits per heavy atom. The molecule has 0 aliphatic carbocycles. The number of rotatable bonds is 3. The summed E-state index contributed by atoms with van der Waals surface area (Å²) in [7, 11) is 0. The molecule has 1 aliphatic heterocycles. The Kier molecular flexibility index (Phi) is 4.43. The molecular formula is C22H23FN6O. The van der Waals surface area contributed by atoms with Gasteiger partial charge in [0.2, 0.25) is 0 Å². The van der Waals surface area contributed by atoms with Crippen LogP contribution in [-0.2, 0) is 0 Å². The van der Waals surface area contributed by atoms with Gasteiger partial charge in [-0.05, 0) is 42.9 Å². The van der Waals surface area contributed by atoms with Gasteiger partial charge in [-0.3, -0.25) is 4.79 Å². The molecule has 0 bridgehead atoms. The summed E-state index contributed by atoms with van der Waals surface area (Å²) in [4.78, 5) is 28.1. The van der Waals surface area contributed by atoms with E-state index in [2.05, 4.69) is 37.7 Å². The lowest BCUT2D eigenvalue weighted by atomic mass is 10.1. The van der Waals surface area contributed by atoms with E-state index in [9.17, 15) is 9.18 Å². The molecule has 1 saturated heterocycles. The lowest BCUT2D eigenvalue weighted by Gasteiger charge is -2.35. The highest BCUT2D eigenvalue weighted by molar-refractivity contribution is 5.98. The molecule has 154 valence electrons. The van der Waals surface area contributed by atoms with E-state index < -0.39 is 5.82 Å². The number of benzene rings is 2. The Bertz CT molecular complexity index is 1300. The number of nitrogens with two attached hydrogens (primary N) is 1. The molecule has 8 heteroatoms. The Morgan fingerprint density at radius 2 is 1.83 bits per heavy atom. The van der Waals surface area contributed by atoms with E-state index in [0.717, 1.165) is 49.4 Å². The van der Waals surface area contributed by atoms with E-state index in [1.165, 1.54) is 18.2 Å². The number of H-pyrrole nitrogens is 2. The Hall–Kier alpha value is -3.39. The molecule has 5 rings (SSSR count). The Labute approximate surface area is 172 Å². The number of fused-ring (bicyclic) bond motifs is 2. The van der Waals surface area contributed by atoms with E-state index in [0.29, 0.717) is 16.7 Å². The number of nitrogens with zero attached hydrogens (tertiary/aromatic N) is 3. The highest BCUT2D eigenvalue weighted by atomic mass is 19.1. The smallest absolute Gasteiger partial charge is 0.261 e. The predicted molar refractivity (Wildman–Crippen MR) is 118 cm³/mol. The van der Waals surface area contributed by atoms with Crippen molar-refractivity contribution in [3.8, 4) is 11.4 Å². The average Bonchev–Trinajstić information content (AvgIpc) is 3.17. The summed E-state index contributed by atoms with van der Waals surface area (Å²) in [5, 5.41) is 0.458. The number of pyridine rings is 1. The van der Waals surface area contributed by atoms with E-state index in [4.69, 9.17) is 5.73 Å². The summed E-state index contributed by atoms with van der Waals surface area (Å²) < 4.78 is 13.7. The minimum atomic E-state index is -0.412. The molecule has 0 saturated carbocycles. The third-order valence-electron chi connectivity index (χ3n) is 5.90. The van der Waals surface area contributed by atoms with Crippen molar-refractivity contribution in [1.82, 2.24) is 19.9 Å². The van der Waals surface area contributed by atoms with Crippen molar-refractivity contribution in [1.29, 1.82) is 0 Å². The topological polar surface area (TPSA) is 94.0 Å².